The third kappa shape index (κ3) is 2.92. The van der Waals surface area contributed by atoms with Crippen molar-refractivity contribution in [3.63, 3.8) is 0 Å². The second kappa shape index (κ2) is 5.94. The monoisotopic (exact) mass is 281 g/mol. The Kier molecular flexibility index (Phi) is 4.26. The molecule has 1 fully saturated rings. The summed E-state index contributed by atoms with van der Waals surface area (Å²) in [5.74, 6) is 0.339. The number of ether oxygens (including phenoxy) is 2. The number of aromatic nitrogens is 2. The van der Waals surface area contributed by atoms with Crippen molar-refractivity contribution in [2.24, 2.45) is 5.92 Å². The molecule has 2 rings (SSSR count). The molecule has 0 radical (unpaired) electrons. The third-order valence-electron chi connectivity index (χ3n) is 3.57. The predicted octanol–water partition coefficient (Wildman–Crippen LogP) is 1.18. The van der Waals surface area contributed by atoms with Crippen molar-refractivity contribution in [1.82, 2.24) is 9.97 Å². The smallest absolute Gasteiger partial charge is 0.306 e. The minimum Gasteiger partial charge on any atom is -0.481 e. The number of carbonyl (C=O) groups is 1. The van der Waals surface area contributed by atoms with Gasteiger partial charge in [-0.15, -0.1) is 0 Å². The molecule has 1 aromatic heterocycles. The summed E-state index contributed by atoms with van der Waals surface area (Å²) in [5.41, 5.74) is 0. The number of nitrogens with zero attached hydrogens (tertiary/aromatic N) is 3. The highest BCUT2D eigenvalue weighted by molar-refractivity contribution is 5.70. The number of hydrogen-bond acceptors (Lipinski definition) is 6. The van der Waals surface area contributed by atoms with Gasteiger partial charge in [0.1, 0.15) is 0 Å². The molecule has 0 aromatic carbocycles. The molecule has 1 aliphatic rings. The van der Waals surface area contributed by atoms with Gasteiger partial charge in [0.15, 0.2) is 0 Å². The number of aliphatic carboxylic acids is 1. The minimum atomic E-state index is -0.736. The summed E-state index contributed by atoms with van der Waals surface area (Å²) in [5, 5.41) is 9.09. The zero-order valence-corrected chi connectivity index (χ0v) is 11.9. The van der Waals surface area contributed by atoms with Crippen LogP contribution in [-0.4, -0.2) is 47.8 Å². The van der Waals surface area contributed by atoms with Crippen LogP contribution in [0.1, 0.15) is 19.8 Å². The fraction of sp³-hybridized carbons (Fsp3) is 0.615. The highest BCUT2D eigenvalue weighted by atomic mass is 16.5. The molecule has 1 aromatic rings. The van der Waals surface area contributed by atoms with E-state index >= 15 is 0 Å². The van der Waals surface area contributed by atoms with Gasteiger partial charge >= 0.3 is 5.97 Å². The molecule has 0 spiro atoms. The summed E-state index contributed by atoms with van der Waals surface area (Å²) in [6, 6.07) is 1.67. The maximum atomic E-state index is 11.1. The quantitative estimate of drug-likeness (QED) is 0.887. The lowest BCUT2D eigenvalue weighted by Gasteiger charge is -2.36. The molecular weight excluding hydrogens is 262 g/mol. The van der Waals surface area contributed by atoms with Crippen molar-refractivity contribution < 1.29 is 19.4 Å². The number of carboxylic acids is 1. The molecule has 2 heterocycles. The van der Waals surface area contributed by atoms with Crippen molar-refractivity contribution in [3.05, 3.63) is 6.07 Å². The number of carboxylic acid groups (broad SMARTS) is 1. The van der Waals surface area contributed by atoms with Crippen molar-refractivity contribution >= 4 is 11.9 Å². The molecule has 0 bridgehead atoms. The summed E-state index contributed by atoms with van der Waals surface area (Å²) in [4.78, 5) is 21.7. The number of rotatable bonds is 4. The topological polar surface area (TPSA) is 84.8 Å². The van der Waals surface area contributed by atoms with Crippen molar-refractivity contribution in [2.75, 3.05) is 25.7 Å². The Morgan fingerprint density at radius 1 is 1.35 bits per heavy atom. The van der Waals surface area contributed by atoms with Gasteiger partial charge in [0.2, 0.25) is 17.7 Å². The first kappa shape index (κ1) is 14.4. The van der Waals surface area contributed by atoms with Gasteiger partial charge in [-0.2, -0.15) is 9.97 Å². The SMILES string of the molecule is COc1cc(OC)nc(N2CCC(C(=O)O)CC2C)n1. The number of hydrogen-bond donors (Lipinski definition) is 1. The largest absolute Gasteiger partial charge is 0.481 e. The molecular formula is C13H19N3O4. The van der Waals surface area contributed by atoms with Gasteiger partial charge in [-0.1, -0.05) is 0 Å². The van der Waals surface area contributed by atoms with Crippen LogP contribution in [0.2, 0.25) is 0 Å². The highest BCUT2D eigenvalue weighted by Gasteiger charge is 2.31. The van der Waals surface area contributed by atoms with Crippen LogP contribution < -0.4 is 14.4 Å². The molecule has 1 saturated heterocycles. The van der Waals surface area contributed by atoms with Crippen LogP contribution in [0.4, 0.5) is 5.95 Å². The normalized spacial score (nSPS) is 22.4. The molecule has 2 atom stereocenters. The van der Waals surface area contributed by atoms with E-state index < -0.39 is 5.97 Å². The summed E-state index contributed by atoms with van der Waals surface area (Å²) in [6.45, 7) is 2.58. The van der Waals surface area contributed by atoms with Crippen LogP contribution in [-0.2, 0) is 4.79 Å². The molecule has 0 saturated carbocycles. The standard InChI is InChI=1S/C13H19N3O4/c1-8-6-9(12(17)18)4-5-16(8)13-14-10(19-2)7-11(15-13)20-3/h7-9H,4-6H2,1-3H3,(H,17,18). The Bertz CT molecular complexity index is 472. The zero-order valence-electron chi connectivity index (χ0n) is 11.9. The number of methoxy groups -OCH3 is 2. The number of piperidine rings is 1. The molecule has 2 unspecified atom stereocenters. The van der Waals surface area contributed by atoms with Crippen molar-refractivity contribution in [3.8, 4) is 11.8 Å². The van der Waals surface area contributed by atoms with E-state index in [2.05, 4.69) is 9.97 Å². The summed E-state index contributed by atoms with van der Waals surface area (Å²) >= 11 is 0. The second-order valence-electron chi connectivity index (χ2n) is 4.85. The maximum Gasteiger partial charge on any atom is 0.306 e. The van der Waals surface area contributed by atoms with E-state index in [4.69, 9.17) is 14.6 Å². The molecule has 20 heavy (non-hydrogen) atoms. The van der Waals surface area contributed by atoms with E-state index in [-0.39, 0.29) is 12.0 Å². The van der Waals surface area contributed by atoms with Crippen LogP contribution >= 0.6 is 0 Å². The fourth-order valence-electron chi connectivity index (χ4n) is 2.42. The van der Waals surface area contributed by atoms with Crippen LogP contribution in [0, 0.1) is 5.92 Å². The van der Waals surface area contributed by atoms with E-state index in [1.165, 1.54) is 14.2 Å². The average molecular weight is 281 g/mol. The molecule has 7 heteroatoms. The Morgan fingerprint density at radius 2 is 1.95 bits per heavy atom. The van der Waals surface area contributed by atoms with E-state index in [1.54, 1.807) is 6.07 Å². The molecule has 110 valence electrons. The molecule has 1 aliphatic heterocycles. The Morgan fingerprint density at radius 3 is 2.40 bits per heavy atom. The molecule has 0 amide bonds. The second-order valence-corrected chi connectivity index (χ2v) is 4.85. The van der Waals surface area contributed by atoms with Gasteiger partial charge in [-0.3, -0.25) is 4.79 Å². The summed E-state index contributed by atoms with van der Waals surface area (Å²) in [7, 11) is 3.07. The molecule has 7 nitrogen and oxygen atoms in total. The predicted molar refractivity (Wildman–Crippen MR) is 72.3 cm³/mol. The molecule has 0 aliphatic carbocycles. The van der Waals surface area contributed by atoms with Crippen molar-refractivity contribution in [2.45, 2.75) is 25.8 Å². The van der Waals surface area contributed by atoms with Gasteiger partial charge < -0.3 is 19.5 Å². The van der Waals surface area contributed by atoms with E-state index in [0.29, 0.717) is 37.1 Å². The summed E-state index contributed by atoms with van der Waals surface area (Å²) < 4.78 is 10.3. The Hall–Kier alpha value is -2.05. The van der Waals surface area contributed by atoms with Crippen LogP contribution in [0.15, 0.2) is 6.07 Å². The van der Waals surface area contributed by atoms with Gasteiger partial charge in [0.25, 0.3) is 0 Å². The zero-order chi connectivity index (χ0) is 14.7. The van der Waals surface area contributed by atoms with Gasteiger partial charge in [-0.25, -0.2) is 0 Å². The van der Waals surface area contributed by atoms with Gasteiger partial charge in [-0.05, 0) is 19.8 Å². The number of anilines is 1. The lowest BCUT2D eigenvalue weighted by atomic mass is 9.92. The van der Waals surface area contributed by atoms with Gasteiger partial charge in [0.05, 0.1) is 26.2 Å². The average Bonchev–Trinajstić information content (AvgIpc) is 2.46. The minimum absolute atomic E-state index is 0.0571. The maximum absolute atomic E-state index is 11.1. The van der Waals surface area contributed by atoms with Crippen LogP contribution in [0.3, 0.4) is 0 Å². The summed E-state index contributed by atoms with van der Waals surface area (Å²) in [6.07, 6.45) is 1.17. The Labute approximate surface area is 117 Å². The molecule has 1 N–H and O–H groups in total. The van der Waals surface area contributed by atoms with Crippen LogP contribution in [0.5, 0.6) is 11.8 Å². The van der Waals surface area contributed by atoms with Crippen molar-refractivity contribution in [1.29, 1.82) is 0 Å². The lowest BCUT2D eigenvalue weighted by molar-refractivity contribution is -0.142. The first-order chi connectivity index (χ1) is 9.55. The highest BCUT2D eigenvalue weighted by Crippen LogP contribution is 2.28. The van der Waals surface area contributed by atoms with Crippen LogP contribution in [0.25, 0.3) is 0 Å². The first-order valence-corrected chi connectivity index (χ1v) is 6.51. The van der Waals surface area contributed by atoms with Gasteiger partial charge in [0, 0.05) is 12.6 Å². The lowest BCUT2D eigenvalue weighted by Crippen LogP contribution is -2.43. The first-order valence-electron chi connectivity index (χ1n) is 6.51. The fourth-order valence-corrected chi connectivity index (χ4v) is 2.42. The Balaban J connectivity index is 2.21. The van der Waals surface area contributed by atoms with E-state index in [9.17, 15) is 4.79 Å². The third-order valence-corrected chi connectivity index (χ3v) is 3.57. The van der Waals surface area contributed by atoms with E-state index in [1.807, 2.05) is 11.8 Å². The van der Waals surface area contributed by atoms with E-state index in [0.717, 1.165) is 0 Å².